The number of hydrogen-bond acceptors (Lipinski definition) is 11. The highest BCUT2D eigenvalue weighted by Gasteiger charge is 2.32. The fraction of sp³-hybridized carbons (Fsp3) is 0.579. The summed E-state index contributed by atoms with van der Waals surface area (Å²) in [4.78, 5) is 74.2. The normalized spacial score (nSPS) is 15.6. The first kappa shape index (κ1) is 26.1. The highest BCUT2D eigenvalue weighted by molar-refractivity contribution is 6.13. The number of ether oxygens (including phenoxy) is 4. The van der Waals surface area contributed by atoms with Gasteiger partial charge in [-0.1, -0.05) is 0 Å². The Morgan fingerprint density at radius 3 is 2.03 bits per heavy atom. The second-order valence-electron chi connectivity index (χ2n) is 6.63. The molecule has 0 aromatic rings. The van der Waals surface area contributed by atoms with Crippen LogP contribution < -0.4 is 5.32 Å². The molecule has 1 N–H and O–H groups in total. The van der Waals surface area contributed by atoms with Crippen molar-refractivity contribution in [1.82, 2.24) is 15.3 Å². The third kappa shape index (κ3) is 9.44. The van der Waals surface area contributed by atoms with Crippen molar-refractivity contribution in [2.45, 2.75) is 25.7 Å². The van der Waals surface area contributed by atoms with E-state index in [1.807, 2.05) is 0 Å². The lowest BCUT2D eigenvalue weighted by Crippen LogP contribution is -2.35. The van der Waals surface area contributed by atoms with E-state index < -0.39 is 29.6 Å². The molecule has 2 aliphatic heterocycles. The SMILES string of the molecule is O=C(CCN1C(=O)C=CC1=O)NCCOCOCOCOCCC(=O)ON1C(=O)CCC1=O. The van der Waals surface area contributed by atoms with Crippen molar-refractivity contribution in [3.8, 4) is 0 Å². The number of carbonyl (C=O) groups is 6. The van der Waals surface area contributed by atoms with Crippen molar-refractivity contribution in [3.63, 3.8) is 0 Å². The van der Waals surface area contributed by atoms with Gasteiger partial charge in [0.15, 0.2) is 6.79 Å². The Labute approximate surface area is 188 Å². The number of amides is 5. The molecule has 0 aromatic heterocycles. The molecule has 0 aliphatic carbocycles. The second-order valence-corrected chi connectivity index (χ2v) is 6.63. The van der Waals surface area contributed by atoms with Crippen LogP contribution in [0.4, 0.5) is 0 Å². The van der Waals surface area contributed by atoms with Crippen molar-refractivity contribution < 1.29 is 52.6 Å². The Balaban J connectivity index is 1.34. The molecule has 2 rings (SSSR count). The molecule has 14 nitrogen and oxygen atoms in total. The molecule has 1 saturated heterocycles. The molecular formula is C19H25N3O11. The lowest BCUT2D eigenvalue weighted by molar-refractivity contribution is -0.199. The van der Waals surface area contributed by atoms with Crippen LogP contribution in [-0.4, -0.2) is 92.2 Å². The smallest absolute Gasteiger partial charge is 0.335 e. The third-order valence-electron chi connectivity index (χ3n) is 4.18. The van der Waals surface area contributed by atoms with E-state index >= 15 is 0 Å². The molecule has 0 radical (unpaired) electrons. The molecule has 1 fully saturated rings. The van der Waals surface area contributed by atoms with Crippen LogP contribution in [0.5, 0.6) is 0 Å². The average Bonchev–Trinajstić information content (AvgIpc) is 3.28. The Hall–Kier alpha value is -3.20. The van der Waals surface area contributed by atoms with Gasteiger partial charge < -0.3 is 29.1 Å². The standard InChI is InChI=1S/C19H25N3O11/c23-14(5-8-21-15(24)1-2-16(21)25)20-7-10-30-12-32-13-31-11-29-9-6-19(28)33-22-17(26)3-4-18(22)27/h1-2H,3-13H2,(H,20,23). The highest BCUT2D eigenvalue weighted by Crippen LogP contribution is 2.12. The average molecular weight is 471 g/mol. The predicted molar refractivity (Wildman–Crippen MR) is 104 cm³/mol. The lowest BCUT2D eigenvalue weighted by atomic mass is 10.3. The van der Waals surface area contributed by atoms with Crippen molar-refractivity contribution in [3.05, 3.63) is 12.2 Å². The van der Waals surface area contributed by atoms with Gasteiger partial charge in [-0.2, -0.15) is 0 Å². The monoisotopic (exact) mass is 471 g/mol. The highest BCUT2D eigenvalue weighted by atomic mass is 16.8. The largest absolute Gasteiger partial charge is 0.355 e. The molecule has 182 valence electrons. The number of nitrogens with zero attached hydrogens (tertiary/aromatic N) is 2. The zero-order chi connectivity index (χ0) is 24.1. The summed E-state index contributed by atoms with van der Waals surface area (Å²) in [7, 11) is 0. The summed E-state index contributed by atoms with van der Waals surface area (Å²) in [6.45, 7) is -0.0300. The minimum atomic E-state index is -0.773. The Morgan fingerprint density at radius 1 is 0.818 bits per heavy atom. The molecule has 0 aromatic carbocycles. The summed E-state index contributed by atoms with van der Waals surface area (Å²) < 4.78 is 20.2. The summed E-state index contributed by atoms with van der Waals surface area (Å²) >= 11 is 0. The maximum Gasteiger partial charge on any atom is 0.335 e. The van der Waals surface area contributed by atoms with E-state index in [1.165, 1.54) is 0 Å². The van der Waals surface area contributed by atoms with Gasteiger partial charge in [0.1, 0.15) is 13.6 Å². The molecule has 0 spiro atoms. The lowest BCUT2D eigenvalue weighted by Gasteiger charge is -2.13. The van der Waals surface area contributed by atoms with E-state index in [0.717, 1.165) is 17.1 Å². The number of hydroxylamine groups is 2. The van der Waals surface area contributed by atoms with Crippen molar-refractivity contribution in [2.24, 2.45) is 0 Å². The number of hydrogen-bond donors (Lipinski definition) is 1. The van der Waals surface area contributed by atoms with Gasteiger partial charge >= 0.3 is 5.97 Å². The summed E-state index contributed by atoms with van der Waals surface area (Å²) in [6, 6.07) is 0. The molecule has 5 amide bonds. The summed E-state index contributed by atoms with van der Waals surface area (Å²) in [5.74, 6) is -3.07. The molecule has 0 atom stereocenters. The van der Waals surface area contributed by atoms with Crippen molar-refractivity contribution in [2.75, 3.05) is 46.7 Å². The first-order valence-electron chi connectivity index (χ1n) is 10.1. The maximum atomic E-state index is 11.7. The molecule has 2 aliphatic rings. The summed E-state index contributed by atoms with van der Waals surface area (Å²) in [5.41, 5.74) is 0. The first-order valence-corrected chi connectivity index (χ1v) is 10.1. The van der Waals surface area contributed by atoms with Gasteiger partial charge in [0.05, 0.1) is 19.6 Å². The zero-order valence-corrected chi connectivity index (χ0v) is 17.8. The molecular weight excluding hydrogens is 446 g/mol. The molecule has 2 heterocycles. The van der Waals surface area contributed by atoms with Crippen LogP contribution in [0, 0.1) is 0 Å². The number of carbonyl (C=O) groups excluding carboxylic acids is 6. The van der Waals surface area contributed by atoms with Gasteiger partial charge in [-0.05, 0) is 0 Å². The Morgan fingerprint density at radius 2 is 1.39 bits per heavy atom. The number of imide groups is 2. The van der Waals surface area contributed by atoms with Crippen molar-refractivity contribution >= 4 is 35.5 Å². The van der Waals surface area contributed by atoms with E-state index in [2.05, 4.69) is 10.2 Å². The van der Waals surface area contributed by atoms with Crippen LogP contribution in [0.25, 0.3) is 0 Å². The van der Waals surface area contributed by atoms with Crippen LogP contribution in [0.15, 0.2) is 12.2 Å². The topological polar surface area (TPSA) is 167 Å². The molecule has 0 bridgehead atoms. The third-order valence-corrected chi connectivity index (χ3v) is 4.18. The van der Waals surface area contributed by atoms with Gasteiger partial charge in [-0.25, -0.2) is 4.79 Å². The molecule has 33 heavy (non-hydrogen) atoms. The van der Waals surface area contributed by atoms with Gasteiger partial charge in [-0.3, -0.25) is 28.9 Å². The zero-order valence-electron chi connectivity index (χ0n) is 17.8. The van der Waals surface area contributed by atoms with E-state index in [1.54, 1.807) is 0 Å². The van der Waals surface area contributed by atoms with Crippen LogP contribution in [0.2, 0.25) is 0 Å². The van der Waals surface area contributed by atoms with Crippen LogP contribution in [0.3, 0.4) is 0 Å². The molecule has 0 saturated carbocycles. The first-order chi connectivity index (χ1) is 15.9. The second kappa shape index (κ2) is 14.1. The van der Waals surface area contributed by atoms with Gasteiger partial charge in [0, 0.05) is 44.5 Å². The summed E-state index contributed by atoms with van der Waals surface area (Å²) in [6.07, 6.45) is 2.19. The van der Waals surface area contributed by atoms with E-state index in [9.17, 15) is 28.8 Å². The quantitative estimate of drug-likeness (QED) is 0.156. The Kier molecular flexibility index (Phi) is 11.1. The number of rotatable bonds is 16. The van der Waals surface area contributed by atoms with E-state index in [0.29, 0.717) is 5.06 Å². The van der Waals surface area contributed by atoms with E-state index in [-0.39, 0.29) is 78.3 Å². The minimum absolute atomic E-state index is 0.00424. The van der Waals surface area contributed by atoms with Crippen LogP contribution >= 0.6 is 0 Å². The molecule has 14 heteroatoms. The fourth-order valence-corrected chi connectivity index (χ4v) is 2.54. The molecule has 0 unspecified atom stereocenters. The van der Waals surface area contributed by atoms with Crippen molar-refractivity contribution in [1.29, 1.82) is 0 Å². The number of nitrogens with one attached hydrogen (secondary N) is 1. The van der Waals surface area contributed by atoms with E-state index in [4.69, 9.17) is 18.9 Å². The maximum absolute atomic E-state index is 11.7. The van der Waals surface area contributed by atoms with Crippen LogP contribution in [-0.2, 0) is 52.6 Å². The Bertz CT molecular complexity index is 749. The van der Waals surface area contributed by atoms with Gasteiger partial charge in [-0.15, -0.1) is 5.06 Å². The van der Waals surface area contributed by atoms with Gasteiger partial charge in [0.2, 0.25) is 5.91 Å². The predicted octanol–water partition coefficient (Wildman–Crippen LogP) is -1.65. The van der Waals surface area contributed by atoms with Crippen LogP contribution in [0.1, 0.15) is 25.7 Å². The summed E-state index contributed by atoms with van der Waals surface area (Å²) in [5, 5.41) is 3.05. The minimum Gasteiger partial charge on any atom is -0.355 e. The fourth-order valence-electron chi connectivity index (χ4n) is 2.54. The van der Waals surface area contributed by atoms with Gasteiger partial charge in [0.25, 0.3) is 23.6 Å².